The standard InChI is InChI=1S/C14H17NO3/c16-13-3-1-2-12(15-13)14(17)18-8-9-4-5-10-7-11(10)6-9/h1-3,9-11H,4-8H2,(H,15,16). The van der Waals surface area contributed by atoms with Gasteiger partial charge in [-0.2, -0.15) is 0 Å². The maximum absolute atomic E-state index is 11.7. The van der Waals surface area contributed by atoms with Gasteiger partial charge in [0.1, 0.15) is 5.69 Å². The second-order valence-electron chi connectivity index (χ2n) is 5.46. The largest absolute Gasteiger partial charge is 0.461 e. The van der Waals surface area contributed by atoms with E-state index < -0.39 is 5.97 Å². The van der Waals surface area contributed by atoms with Crippen LogP contribution in [0.5, 0.6) is 0 Å². The highest BCUT2D eigenvalue weighted by Gasteiger charge is 2.42. The van der Waals surface area contributed by atoms with Crippen LogP contribution in [-0.4, -0.2) is 17.6 Å². The van der Waals surface area contributed by atoms with E-state index in [9.17, 15) is 9.59 Å². The molecule has 0 radical (unpaired) electrons. The van der Waals surface area contributed by atoms with Gasteiger partial charge in [0.15, 0.2) is 0 Å². The predicted octanol–water partition coefficient (Wildman–Crippen LogP) is 1.97. The van der Waals surface area contributed by atoms with Crippen molar-refractivity contribution in [2.45, 2.75) is 25.7 Å². The van der Waals surface area contributed by atoms with Crippen molar-refractivity contribution in [2.24, 2.45) is 17.8 Å². The number of rotatable bonds is 3. The van der Waals surface area contributed by atoms with E-state index in [4.69, 9.17) is 4.74 Å². The molecular formula is C14H17NO3. The zero-order chi connectivity index (χ0) is 12.5. The Hall–Kier alpha value is -1.58. The normalized spacial score (nSPS) is 29.4. The van der Waals surface area contributed by atoms with Crippen molar-refractivity contribution in [1.29, 1.82) is 0 Å². The van der Waals surface area contributed by atoms with Crippen LogP contribution in [0.2, 0.25) is 0 Å². The predicted molar refractivity (Wildman–Crippen MR) is 66.3 cm³/mol. The first-order valence-corrected chi connectivity index (χ1v) is 6.59. The fourth-order valence-electron chi connectivity index (χ4n) is 2.94. The molecule has 3 atom stereocenters. The number of hydrogen-bond donors (Lipinski definition) is 1. The van der Waals surface area contributed by atoms with Gasteiger partial charge < -0.3 is 9.72 Å². The summed E-state index contributed by atoms with van der Waals surface area (Å²) >= 11 is 0. The van der Waals surface area contributed by atoms with Gasteiger partial charge >= 0.3 is 5.97 Å². The molecule has 1 heterocycles. The van der Waals surface area contributed by atoms with Crippen molar-refractivity contribution >= 4 is 5.97 Å². The lowest BCUT2D eigenvalue weighted by molar-refractivity contribution is 0.0399. The Morgan fingerprint density at radius 3 is 2.94 bits per heavy atom. The van der Waals surface area contributed by atoms with Crippen LogP contribution < -0.4 is 5.56 Å². The van der Waals surface area contributed by atoms with E-state index in [-0.39, 0.29) is 11.3 Å². The summed E-state index contributed by atoms with van der Waals surface area (Å²) < 4.78 is 5.28. The highest BCUT2D eigenvalue weighted by molar-refractivity contribution is 5.87. The van der Waals surface area contributed by atoms with Gasteiger partial charge in [-0.3, -0.25) is 4.79 Å². The van der Waals surface area contributed by atoms with Crippen molar-refractivity contribution in [3.8, 4) is 0 Å². The Balaban J connectivity index is 1.53. The minimum atomic E-state index is -0.425. The summed E-state index contributed by atoms with van der Waals surface area (Å²) in [6.45, 7) is 0.485. The van der Waals surface area contributed by atoms with Crippen molar-refractivity contribution in [2.75, 3.05) is 6.61 Å². The zero-order valence-electron chi connectivity index (χ0n) is 10.2. The Morgan fingerprint density at radius 1 is 1.28 bits per heavy atom. The second-order valence-corrected chi connectivity index (χ2v) is 5.46. The van der Waals surface area contributed by atoms with Gasteiger partial charge in [0.05, 0.1) is 6.61 Å². The fourth-order valence-corrected chi connectivity index (χ4v) is 2.94. The van der Waals surface area contributed by atoms with E-state index >= 15 is 0 Å². The van der Waals surface area contributed by atoms with Crippen LogP contribution in [0.1, 0.15) is 36.2 Å². The Kier molecular flexibility index (Phi) is 2.94. The number of carbonyl (C=O) groups is 1. The number of ether oxygens (including phenoxy) is 1. The highest BCUT2D eigenvalue weighted by Crippen LogP contribution is 2.51. The van der Waals surface area contributed by atoms with Crippen LogP contribution in [0.25, 0.3) is 0 Å². The van der Waals surface area contributed by atoms with Crippen LogP contribution in [0, 0.1) is 17.8 Å². The molecule has 2 aliphatic carbocycles. The van der Waals surface area contributed by atoms with E-state index in [2.05, 4.69) is 4.98 Å². The Bertz CT molecular complexity index is 508. The molecule has 0 amide bonds. The first kappa shape index (κ1) is 11.5. The lowest BCUT2D eigenvalue weighted by Crippen LogP contribution is -2.20. The topological polar surface area (TPSA) is 59.2 Å². The third-order valence-corrected chi connectivity index (χ3v) is 4.09. The molecule has 0 aliphatic heterocycles. The zero-order valence-corrected chi connectivity index (χ0v) is 10.2. The average molecular weight is 247 g/mol. The summed E-state index contributed by atoms with van der Waals surface area (Å²) in [5, 5.41) is 0. The van der Waals surface area contributed by atoms with Crippen molar-refractivity contribution in [3.05, 3.63) is 34.2 Å². The van der Waals surface area contributed by atoms with Crippen molar-refractivity contribution < 1.29 is 9.53 Å². The van der Waals surface area contributed by atoms with Gasteiger partial charge in [-0.15, -0.1) is 0 Å². The Morgan fingerprint density at radius 2 is 2.17 bits per heavy atom. The molecule has 0 bridgehead atoms. The number of hydrogen-bond acceptors (Lipinski definition) is 3. The van der Waals surface area contributed by atoms with Crippen LogP contribution in [0.3, 0.4) is 0 Å². The summed E-state index contributed by atoms with van der Waals surface area (Å²) in [6.07, 6.45) is 5.02. The molecule has 0 saturated heterocycles. The van der Waals surface area contributed by atoms with Crippen LogP contribution in [0.4, 0.5) is 0 Å². The molecule has 1 aromatic heterocycles. The fraction of sp³-hybridized carbons (Fsp3) is 0.571. The molecule has 0 aromatic carbocycles. The maximum atomic E-state index is 11.7. The highest BCUT2D eigenvalue weighted by atomic mass is 16.5. The molecule has 2 aliphatic rings. The molecule has 1 aromatic rings. The first-order valence-electron chi connectivity index (χ1n) is 6.59. The Labute approximate surface area is 105 Å². The lowest BCUT2D eigenvalue weighted by atomic mass is 9.90. The lowest BCUT2D eigenvalue weighted by Gasteiger charge is -2.20. The molecule has 3 rings (SSSR count). The minimum Gasteiger partial charge on any atom is -0.461 e. The molecule has 2 fully saturated rings. The molecular weight excluding hydrogens is 230 g/mol. The summed E-state index contributed by atoms with van der Waals surface area (Å²) in [5.41, 5.74) is -0.0365. The number of fused-ring (bicyclic) bond motifs is 1. The number of H-pyrrole nitrogens is 1. The molecule has 4 heteroatoms. The summed E-state index contributed by atoms with van der Waals surface area (Å²) in [7, 11) is 0. The number of pyridine rings is 1. The first-order chi connectivity index (χ1) is 8.72. The quantitative estimate of drug-likeness (QED) is 0.831. The third kappa shape index (κ3) is 2.47. The van der Waals surface area contributed by atoms with Gasteiger partial charge in [-0.05, 0) is 49.5 Å². The van der Waals surface area contributed by atoms with E-state index in [1.807, 2.05) is 0 Å². The average Bonchev–Trinajstić information content (AvgIpc) is 3.14. The third-order valence-electron chi connectivity index (χ3n) is 4.09. The number of aromatic amines is 1. The molecule has 18 heavy (non-hydrogen) atoms. The molecule has 3 unspecified atom stereocenters. The molecule has 1 N–H and O–H groups in total. The van der Waals surface area contributed by atoms with Crippen LogP contribution in [-0.2, 0) is 4.74 Å². The van der Waals surface area contributed by atoms with Gasteiger partial charge in [0, 0.05) is 6.07 Å². The van der Waals surface area contributed by atoms with E-state index in [1.54, 1.807) is 12.1 Å². The smallest absolute Gasteiger partial charge is 0.354 e. The number of carbonyl (C=O) groups excluding carboxylic acids is 1. The van der Waals surface area contributed by atoms with Gasteiger partial charge in [-0.25, -0.2) is 4.79 Å². The maximum Gasteiger partial charge on any atom is 0.354 e. The van der Waals surface area contributed by atoms with E-state index in [1.165, 1.54) is 31.7 Å². The minimum absolute atomic E-state index is 0.239. The molecule has 0 spiro atoms. The monoisotopic (exact) mass is 247 g/mol. The summed E-state index contributed by atoms with van der Waals surface area (Å²) in [5.74, 6) is 1.93. The van der Waals surface area contributed by atoms with Gasteiger partial charge in [0.25, 0.3) is 0 Å². The molecule has 2 saturated carbocycles. The number of nitrogens with one attached hydrogen (secondary N) is 1. The summed E-state index contributed by atoms with van der Waals surface area (Å²) in [6, 6.07) is 4.51. The number of aromatic nitrogens is 1. The van der Waals surface area contributed by atoms with Crippen molar-refractivity contribution in [3.63, 3.8) is 0 Å². The molecule has 4 nitrogen and oxygen atoms in total. The summed E-state index contributed by atoms with van der Waals surface area (Å²) in [4.78, 5) is 25.3. The number of esters is 1. The van der Waals surface area contributed by atoms with Gasteiger partial charge in [-0.1, -0.05) is 6.07 Å². The van der Waals surface area contributed by atoms with E-state index in [0.29, 0.717) is 12.5 Å². The van der Waals surface area contributed by atoms with Crippen LogP contribution in [0.15, 0.2) is 23.0 Å². The van der Waals surface area contributed by atoms with Gasteiger partial charge in [0.2, 0.25) is 5.56 Å². The molecule has 96 valence electrons. The van der Waals surface area contributed by atoms with Crippen molar-refractivity contribution in [1.82, 2.24) is 4.98 Å². The van der Waals surface area contributed by atoms with Crippen LogP contribution >= 0.6 is 0 Å². The SMILES string of the molecule is O=C(OCC1CCC2CC2C1)c1cccc(=O)[nH]1. The van der Waals surface area contributed by atoms with E-state index in [0.717, 1.165) is 11.8 Å². The second kappa shape index (κ2) is 4.59.